The van der Waals surface area contributed by atoms with E-state index in [0.717, 1.165) is 18.5 Å². The molecule has 5 N–H and O–H groups in total. The lowest BCUT2D eigenvalue weighted by Crippen LogP contribution is -2.60. The van der Waals surface area contributed by atoms with Gasteiger partial charge in [-0.05, 0) is 62.4 Å². The molecule has 2 heterocycles. The molecule has 0 aromatic heterocycles. The van der Waals surface area contributed by atoms with E-state index in [-0.39, 0.29) is 30.0 Å². The van der Waals surface area contributed by atoms with Crippen LogP contribution in [0.5, 0.6) is 0 Å². The molecule has 8 heteroatoms. The average Bonchev–Trinajstić information content (AvgIpc) is 2.79. The van der Waals surface area contributed by atoms with Gasteiger partial charge in [-0.1, -0.05) is 19.3 Å². The number of hydrogen-bond donors (Lipinski definition) is 4. The zero-order valence-corrected chi connectivity index (χ0v) is 20.0. The van der Waals surface area contributed by atoms with Gasteiger partial charge in [0, 0.05) is 38.0 Å². The molecule has 4 atom stereocenters. The summed E-state index contributed by atoms with van der Waals surface area (Å²) in [5, 5.41) is 10.1. The first kappa shape index (κ1) is 24.1. The number of halogens is 1. The molecule has 0 radical (unpaired) electrons. The Balaban J connectivity index is 1.54. The first-order chi connectivity index (χ1) is 15.9. The number of fused-ring (bicyclic) bond motifs is 1. The molecule has 7 nitrogen and oxygen atoms in total. The van der Waals surface area contributed by atoms with Crippen molar-refractivity contribution in [2.24, 2.45) is 5.73 Å². The van der Waals surface area contributed by atoms with Gasteiger partial charge in [0.15, 0.2) is 0 Å². The smallest absolute Gasteiger partial charge is 0.251 e. The highest BCUT2D eigenvalue weighted by atomic mass is 19.1. The number of benzene rings is 1. The quantitative estimate of drug-likeness (QED) is 0.489. The van der Waals surface area contributed by atoms with Crippen molar-refractivity contribution in [2.75, 3.05) is 25.5 Å². The second-order valence-electron chi connectivity index (χ2n) is 9.76. The molecule has 0 bridgehead atoms. The van der Waals surface area contributed by atoms with Crippen LogP contribution in [0.1, 0.15) is 56.6 Å². The Labute approximate surface area is 196 Å². The highest BCUT2D eigenvalue weighted by molar-refractivity contribution is 6.01. The van der Waals surface area contributed by atoms with Crippen LogP contribution in [0, 0.1) is 12.7 Å². The molecule has 4 rings (SSSR count). The predicted molar refractivity (Wildman–Crippen MR) is 129 cm³/mol. The number of carbonyl (C=O) groups is 1. The summed E-state index contributed by atoms with van der Waals surface area (Å²) in [6.07, 6.45) is 8.31. The number of piperidine rings is 1. The van der Waals surface area contributed by atoms with E-state index < -0.39 is 6.17 Å². The number of amides is 1. The third kappa shape index (κ3) is 5.57. The second-order valence-corrected chi connectivity index (χ2v) is 9.76. The maximum Gasteiger partial charge on any atom is 0.251 e. The van der Waals surface area contributed by atoms with Gasteiger partial charge in [0.25, 0.3) is 5.91 Å². The van der Waals surface area contributed by atoms with Crippen LogP contribution in [-0.2, 0) is 9.53 Å². The minimum Gasteiger partial charge on any atom is -0.378 e. The van der Waals surface area contributed by atoms with Crippen LogP contribution in [0.4, 0.5) is 10.1 Å². The largest absolute Gasteiger partial charge is 0.378 e. The second kappa shape index (κ2) is 10.5. The highest BCUT2D eigenvalue weighted by Crippen LogP contribution is 2.32. The fourth-order valence-corrected chi connectivity index (χ4v) is 5.36. The number of nitrogens with two attached hydrogens (primary N) is 1. The Morgan fingerprint density at radius 3 is 2.73 bits per heavy atom. The van der Waals surface area contributed by atoms with Crippen molar-refractivity contribution in [1.29, 1.82) is 0 Å². The third-order valence-corrected chi connectivity index (χ3v) is 7.16. The van der Waals surface area contributed by atoms with E-state index in [4.69, 9.17) is 10.5 Å². The maximum atomic E-state index is 14.3. The number of nitrogens with zero attached hydrogens (tertiary/aromatic N) is 1. The van der Waals surface area contributed by atoms with Crippen LogP contribution in [0.15, 0.2) is 17.7 Å². The topological polar surface area (TPSA) is 91.7 Å². The Hall–Kier alpha value is -2.00. The summed E-state index contributed by atoms with van der Waals surface area (Å²) in [5.41, 5.74) is 8.47. The average molecular weight is 460 g/mol. The number of likely N-dealkylation sites (tertiary alicyclic amines) is 1. The summed E-state index contributed by atoms with van der Waals surface area (Å²) in [7, 11) is 1.75. The van der Waals surface area contributed by atoms with Crippen molar-refractivity contribution >= 4 is 17.7 Å². The van der Waals surface area contributed by atoms with E-state index in [9.17, 15) is 9.18 Å². The SMILES string of the molecule is CO[C@H]1CN(C2Nc3cc(F)c(C)cc3C=C2C(=O)NC(C)N)CC[C@H]1NC1CCCCC1. The normalized spacial score (nSPS) is 27.3. The number of carbonyl (C=O) groups excluding carboxylic acids is 1. The van der Waals surface area contributed by atoms with Crippen molar-refractivity contribution in [3.8, 4) is 0 Å². The van der Waals surface area contributed by atoms with Crippen molar-refractivity contribution in [2.45, 2.75) is 82.9 Å². The van der Waals surface area contributed by atoms with Crippen LogP contribution in [0.25, 0.3) is 6.08 Å². The number of rotatable bonds is 6. The number of nitrogens with one attached hydrogen (secondary N) is 3. The van der Waals surface area contributed by atoms with Crippen LogP contribution in [0.2, 0.25) is 0 Å². The van der Waals surface area contributed by atoms with E-state index in [2.05, 4.69) is 20.9 Å². The first-order valence-electron chi connectivity index (χ1n) is 12.2. The molecule has 2 fully saturated rings. The fourth-order valence-electron chi connectivity index (χ4n) is 5.36. The van der Waals surface area contributed by atoms with Gasteiger partial charge in [-0.15, -0.1) is 0 Å². The maximum absolute atomic E-state index is 14.3. The molecule has 3 aliphatic rings. The summed E-state index contributed by atoms with van der Waals surface area (Å²) in [6, 6.07) is 4.13. The van der Waals surface area contributed by atoms with E-state index in [1.807, 2.05) is 6.08 Å². The Morgan fingerprint density at radius 1 is 1.27 bits per heavy atom. The van der Waals surface area contributed by atoms with Crippen LogP contribution in [0.3, 0.4) is 0 Å². The number of anilines is 1. The molecular formula is C25H38FN5O2. The van der Waals surface area contributed by atoms with Crippen molar-refractivity contribution in [3.63, 3.8) is 0 Å². The number of aryl methyl sites for hydroxylation is 1. The third-order valence-electron chi connectivity index (χ3n) is 7.16. The minimum absolute atomic E-state index is 0.0105. The monoisotopic (exact) mass is 459 g/mol. The molecule has 182 valence electrons. The summed E-state index contributed by atoms with van der Waals surface area (Å²) < 4.78 is 20.2. The Kier molecular flexibility index (Phi) is 7.69. The molecule has 33 heavy (non-hydrogen) atoms. The van der Waals surface area contributed by atoms with Gasteiger partial charge in [-0.25, -0.2) is 4.39 Å². The molecule has 2 aliphatic heterocycles. The number of ether oxygens (including phenoxy) is 1. The predicted octanol–water partition coefficient (Wildman–Crippen LogP) is 2.70. The summed E-state index contributed by atoms with van der Waals surface area (Å²) >= 11 is 0. The molecule has 1 saturated heterocycles. The summed E-state index contributed by atoms with van der Waals surface area (Å²) in [4.78, 5) is 15.3. The molecule has 1 saturated carbocycles. The lowest BCUT2D eigenvalue weighted by molar-refractivity contribution is -0.118. The van der Waals surface area contributed by atoms with E-state index in [0.29, 0.717) is 29.4 Å². The first-order valence-corrected chi connectivity index (χ1v) is 12.2. The number of methoxy groups -OCH3 is 1. The molecule has 1 aromatic rings. The van der Waals surface area contributed by atoms with Crippen molar-refractivity contribution in [1.82, 2.24) is 15.5 Å². The minimum atomic E-state index is -0.465. The zero-order valence-electron chi connectivity index (χ0n) is 20.0. The van der Waals surface area contributed by atoms with Gasteiger partial charge in [-0.3, -0.25) is 9.69 Å². The van der Waals surface area contributed by atoms with Crippen molar-refractivity contribution in [3.05, 3.63) is 34.6 Å². The van der Waals surface area contributed by atoms with Crippen LogP contribution < -0.4 is 21.7 Å². The molecule has 0 spiro atoms. The van der Waals surface area contributed by atoms with E-state index >= 15 is 0 Å². The summed E-state index contributed by atoms with van der Waals surface area (Å²) in [5.74, 6) is -0.478. The van der Waals surface area contributed by atoms with E-state index in [1.165, 1.54) is 38.2 Å². The number of hydrogen-bond acceptors (Lipinski definition) is 6. The van der Waals surface area contributed by atoms with E-state index in [1.54, 1.807) is 27.0 Å². The molecular weight excluding hydrogens is 421 g/mol. The zero-order chi connectivity index (χ0) is 23.5. The van der Waals surface area contributed by atoms with Gasteiger partial charge < -0.3 is 26.4 Å². The highest BCUT2D eigenvalue weighted by Gasteiger charge is 2.38. The van der Waals surface area contributed by atoms with Crippen LogP contribution >= 0.6 is 0 Å². The Bertz CT molecular complexity index is 884. The lowest BCUT2D eigenvalue weighted by atomic mass is 9.92. The molecule has 1 aromatic carbocycles. The standard InChI is InChI=1S/C25H38FN5O2/c1-15-11-17-12-19(25(32)28-16(2)27)24(30-22(17)13-20(15)26)31-10-9-21(23(14-31)33-3)29-18-7-5-4-6-8-18/h11-13,16,18,21,23-24,29-30H,4-10,14,27H2,1-3H3,(H,28,32)/t16?,21-,23+,24?/m1/s1. The lowest BCUT2D eigenvalue weighted by Gasteiger charge is -2.45. The molecule has 2 unspecified atom stereocenters. The Morgan fingerprint density at radius 2 is 2.03 bits per heavy atom. The summed E-state index contributed by atoms with van der Waals surface area (Å²) in [6.45, 7) is 4.94. The molecule has 1 aliphatic carbocycles. The molecule has 1 amide bonds. The van der Waals surface area contributed by atoms with Gasteiger partial charge in [0.2, 0.25) is 0 Å². The van der Waals surface area contributed by atoms with Gasteiger partial charge in [-0.2, -0.15) is 0 Å². The van der Waals surface area contributed by atoms with Gasteiger partial charge in [0.1, 0.15) is 12.0 Å². The van der Waals surface area contributed by atoms with Crippen LogP contribution in [-0.4, -0.2) is 61.5 Å². The fraction of sp³-hybridized carbons (Fsp3) is 0.640. The van der Waals surface area contributed by atoms with Gasteiger partial charge >= 0.3 is 0 Å². The van der Waals surface area contributed by atoms with Gasteiger partial charge in [0.05, 0.1) is 17.8 Å². The van der Waals surface area contributed by atoms with Crippen molar-refractivity contribution < 1.29 is 13.9 Å².